The summed E-state index contributed by atoms with van der Waals surface area (Å²) in [7, 11) is 3.08. The van der Waals surface area contributed by atoms with Crippen LogP contribution in [0.5, 0.6) is 23.0 Å². The Bertz CT molecular complexity index is 1200. The molecule has 4 aliphatic rings. The van der Waals surface area contributed by atoms with Crippen LogP contribution in [0, 0.1) is 11.8 Å². The lowest BCUT2D eigenvalue weighted by molar-refractivity contribution is -0.128. The molecule has 33 heavy (non-hydrogen) atoms. The van der Waals surface area contributed by atoms with Crippen LogP contribution in [0.25, 0.3) is 0 Å². The predicted octanol–water partition coefficient (Wildman–Crippen LogP) is 2.36. The maximum absolute atomic E-state index is 13.5. The molecule has 0 radical (unpaired) electrons. The fourth-order valence-corrected chi connectivity index (χ4v) is 5.21. The lowest BCUT2D eigenvalue weighted by atomic mass is 9.77. The SMILES string of the molecule is COc1ccc(NC(=O)[C@H]2[C@@H]3C=C[C@]4(CN(c5ccc6c(c5)OCO6)C(=O)[C@H]24)O3)cc1OC. The molecule has 2 saturated heterocycles. The van der Waals surface area contributed by atoms with Crippen molar-refractivity contribution >= 4 is 23.2 Å². The van der Waals surface area contributed by atoms with Gasteiger partial charge in [-0.05, 0) is 24.3 Å². The zero-order chi connectivity index (χ0) is 22.7. The minimum atomic E-state index is -0.822. The average Bonchev–Trinajstić information content (AvgIpc) is 3.59. The fourth-order valence-electron chi connectivity index (χ4n) is 5.21. The Balaban J connectivity index is 1.27. The van der Waals surface area contributed by atoms with Crippen molar-refractivity contribution in [3.8, 4) is 23.0 Å². The van der Waals surface area contributed by atoms with E-state index in [1.165, 1.54) is 7.11 Å². The van der Waals surface area contributed by atoms with Gasteiger partial charge in [-0.3, -0.25) is 9.59 Å². The van der Waals surface area contributed by atoms with Crippen molar-refractivity contribution in [3.63, 3.8) is 0 Å². The Labute approximate surface area is 189 Å². The van der Waals surface area contributed by atoms with Gasteiger partial charge in [0.2, 0.25) is 18.6 Å². The summed E-state index contributed by atoms with van der Waals surface area (Å²) in [4.78, 5) is 28.5. The third-order valence-electron chi connectivity index (χ3n) is 6.72. The van der Waals surface area contributed by atoms with E-state index >= 15 is 0 Å². The number of amides is 2. The van der Waals surface area contributed by atoms with Crippen molar-refractivity contribution in [2.45, 2.75) is 11.7 Å². The lowest BCUT2D eigenvalue weighted by Crippen LogP contribution is -2.41. The molecular formula is C24H22N2O7. The Hall–Kier alpha value is -3.72. The quantitative estimate of drug-likeness (QED) is 0.699. The maximum atomic E-state index is 13.5. The fraction of sp³-hybridized carbons (Fsp3) is 0.333. The molecule has 4 heterocycles. The summed E-state index contributed by atoms with van der Waals surface area (Å²) in [5, 5.41) is 2.92. The summed E-state index contributed by atoms with van der Waals surface area (Å²) in [6.07, 6.45) is 3.36. The van der Waals surface area contributed by atoms with E-state index in [-0.39, 0.29) is 18.6 Å². The number of methoxy groups -OCH3 is 2. The van der Waals surface area contributed by atoms with Gasteiger partial charge in [-0.25, -0.2) is 0 Å². The third-order valence-corrected chi connectivity index (χ3v) is 6.72. The summed E-state index contributed by atoms with van der Waals surface area (Å²) in [5.41, 5.74) is 0.418. The molecule has 0 saturated carbocycles. The second kappa shape index (κ2) is 7.14. The molecule has 1 N–H and O–H groups in total. The number of fused-ring (bicyclic) bond motifs is 2. The Morgan fingerprint density at radius 3 is 2.73 bits per heavy atom. The van der Waals surface area contributed by atoms with Gasteiger partial charge in [0.1, 0.15) is 5.60 Å². The van der Waals surface area contributed by atoms with E-state index in [9.17, 15) is 9.59 Å². The van der Waals surface area contributed by atoms with Crippen molar-refractivity contribution in [1.29, 1.82) is 0 Å². The third kappa shape index (κ3) is 2.88. The van der Waals surface area contributed by atoms with Crippen LogP contribution in [0.1, 0.15) is 0 Å². The molecule has 4 atom stereocenters. The second-order valence-corrected chi connectivity index (χ2v) is 8.42. The number of carbonyl (C=O) groups excluding carboxylic acids is 2. The molecule has 170 valence electrons. The van der Waals surface area contributed by atoms with E-state index in [2.05, 4.69) is 5.32 Å². The second-order valence-electron chi connectivity index (χ2n) is 8.42. The number of carbonyl (C=O) groups is 2. The molecule has 4 aliphatic heterocycles. The smallest absolute Gasteiger partial charge is 0.234 e. The number of hydrogen-bond acceptors (Lipinski definition) is 7. The summed E-state index contributed by atoms with van der Waals surface area (Å²) < 4.78 is 27.6. The molecule has 2 bridgehead atoms. The van der Waals surface area contributed by atoms with Crippen LogP contribution < -0.4 is 29.2 Å². The molecule has 9 nitrogen and oxygen atoms in total. The normalized spacial score (nSPS) is 28.2. The molecule has 2 aromatic carbocycles. The van der Waals surface area contributed by atoms with E-state index in [1.54, 1.807) is 42.3 Å². The minimum absolute atomic E-state index is 0.145. The molecule has 1 spiro atoms. The number of nitrogens with zero attached hydrogens (tertiary/aromatic N) is 1. The van der Waals surface area contributed by atoms with Gasteiger partial charge in [0.15, 0.2) is 23.0 Å². The van der Waals surface area contributed by atoms with Crippen LogP contribution in [-0.4, -0.2) is 51.1 Å². The number of rotatable bonds is 5. The maximum Gasteiger partial charge on any atom is 0.234 e. The van der Waals surface area contributed by atoms with E-state index in [1.807, 2.05) is 18.2 Å². The van der Waals surface area contributed by atoms with Gasteiger partial charge in [0, 0.05) is 23.5 Å². The largest absolute Gasteiger partial charge is 0.493 e. The zero-order valence-corrected chi connectivity index (χ0v) is 18.1. The van der Waals surface area contributed by atoms with Crippen LogP contribution in [0.2, 0.25) is 0 Å². The van der Waals surface area contributed by atoms with Crippen molar-refractivity contribution in [2.24, 2.45) is 11.8 Å². The van der Waals surface area contributed by atoms with Crippen LogP contribution in [0.3, 0.4) is 0 Å². The van der Waals surface area contributed by atoms with E-state index < -0.39 is 23.5 Å². The highest BCUT2D eigenvalue weighted by Gasteiger charge is 2.67. The molecule has 2 amide bonds. The van der Waals surface area contributed by atoms with Gasteiger partial charge in [-0.2, -0.15) is 0 Å². The molecule has 6 rings (SSSR count). The topological polar surface area (TPSA) is 95.6 Å². The van der Waals surface area contributed by atoms with Crippen LogP contribution in [-0.2, 0) is 14.3 Å². The summed E-state index contributed by atoms with van der Waals surface area (Å²) in [6.45, 7) is 0.495. The Morgan fingerprint density at radius 1 is 1.09 bits per heavy atom. The van der Waals surface area contributed by atoms with Crippen LogP contribution in [0.4, 0.5) is 11.4 Å². The highest BCUT2D eigenvalue weighted by Crippen LogP contribution is 2.53. The van der Waals surface area contributed by atoms with Gasteiger partial charge in [-0.15, -0.1) is 0 Å². The minimum Gasteiger partial charge on any atom is -0.493 e. The number of hydrogen-bond donors (Lipinski definition) is 1. The van der Waals surface area contributed by atoms with Crippen molar-refractivity contribution < 1.29 is 33.3 Å². The monoisotopic (exact) mass is 450 g/mol. The number of benzene rings is 2. The first kappa shape index (κ1) is 19.9. The number of nitrogens with one attached hydrogen (secondary N) is 1. The number of ether oxygens (including phenoxy) is 5. The highest BCUT2D eigenvalue weighted by molar-refractivity contribution is 6.05. The van der Waals surface area contributed by atoms with Crippen LogP contribution in [0.15, 0.2) is 48.6 Å². The lowest BCUT2D eigenvalue weighted by Gasteiger charge is -2.23. The average molecular weight is 450 g/mol. The standard InChI is InChI=1S/C24H22N2O7/c1-29-15-5-3-13(9-18(15)30-2)25-22(27)20-17-7-8-24(33-17)11-26(23(28)21(20)24)14-4-6-16-19(10-14)32-12-31-16/h3-10,17,20-21H,11-12H2,1-2H3,(H,25,27)/t17-,20-,21-,24+/m0/s1. The van der Waals surface area contributed by atoms with E-state index in [0.29, 0.717) is 40.9 Å². The summed E-state index contributed by atoms with van der Waals surface area (Å²) in [6, 6.07) is 10.5. The van der Waals surface area contributed by atoms with Gasteiger partial charge in [0.05, 0.1) is 38.7 Å². The summed E-state index contributed by atoms with van der Waals surface area (Å²) in [5.74, 6) is 0.629. The van der Waals surface area contributed by atoms with Crippen LogP contribution >= 0.6 is 0 Å². The predicted molar refractivity (Wildman–Crippen MR) is 117 cm³/mol. The molecule has 2 aromatic rings. The van der Waals surface area contributed by atoms with Gasteiger partial charge >= 0.3 is 0 Å². The first-order chi connectivity index (χ1) is 16.0. The molecular weight excluding hydrogens is 428 g/mol. The highest BCUT2D eigenvalue weighted by atomic mass is 16.7. The Kier molecular flexibility index (Phi) is 4.31. The first-order valence-corrected chi connectivity index (χ1v) is 10.6. The van der Waals surface area contributed by atoms with Crippen molar-refractivity contribution in [1.82, 2.24) is 0 Å². The molecule has 0 aliphatic carbocycles. The Morgan fingerprint density at radius 2 is 1.91 bits per heavy atom. The van der Waals surface area contributed by atoms with Gasteiger partial charge in [0.25, 0.3) is 0 Å². The van der Waals surface area contributed by atoms with E-state index in [4.69, 9.17) is 23.7 Å². The van der Waals surface area contributed by atoms with Crippen molar-refractivity contribution in [2.75, 3.05) is 37.8 Å². The summed E-state index contributed by atoms with van der Waals surface area (Å²) >= 11 is 0. The van der Waals surface area contributed by atoms with Gasteiger partial charge < -0.3 is 33.9 Å². The molecule has 2 fully saturated rings. The number of anilines is 2. The first-order valence-electron chi connectivity index (χ1n) is 10.6. The molecule has 0 unspecified atom stereocenters. The van der Waals surface area contributed by atoms with Crippen molar-refractivity contribution in [3.05, 3.63) is 48.6 Å². The van der Waals surface area contributed by atoms with Gasteiger partial charge in [-0.1, -0.05) is 12.2 Å². The molecule has 9 heteroatoms. The zero-order valence-electron chi connectivity index (χ0n) is 18.1. The van der Waals surface area contributed by atoms with E-state index in [0.717, 1.165) is 0 Å². The molecule has 0 aromatic heterocycles.